The van der Waals surface area contributed by atoms with E-state index in [0.29, 0.717) is 18.4 Å². The molecule has 0 aromatic heterocycles. The van der Waals surface area contributed by atoms with Crippen LogP contribution in [0.3, 0.4) is 0 Å². The Hall–Kier alpha value is -1.84. The van der Waals surface area contributed by atoms with Crippen molar-refractivity contribution in [3.63, 3.8) is 0 Å². The first-order valence-corrected chi connectivity index (χ1v) is 7.16. The van der Waals surface area contributed by atoms with Crippen LogP contribution in [0, 0.1) is 6.92 Å². The third kappa shape index (κ3) is 3.18. The quantitative estimate of drug-likeness (QED) is 0.833. The van der Waals surface area contributed by atoms with E-state index in [0.717, 1.165) is 31.2 Å². The Bertz CT molecular complexity index is 502. The van der Waals surface area contributed by atoms with Crippen LogP contribution < -0.4 is 5.32 Å². The Labute approximate surface area is 119 Å². The minimum Gasteiger partial charge on any atom is -0.480 e. The minimum atomic E-state index is -1.10. The van der Waals surface area contributed by atoms with Crippen molar-refractivity contribution in [3.8, 4) is 0 Å². The molecule has 0 aliphatic heterocycles. The van der Waals surface area contributed by atoms with Crippen molar-refractivity contribution in [1.29, 1.82) is 0 Å². The van der Waals surface area contributed by atoms with Gasteiger partial charge in [-0.3, -0.25) is 4.79 Å². The summed E-state index contributed by atoms with van der Waals surface area (Å²) >= 11 is 0. The molecule has 0 saturated heterocycles. The molecule has 2 rings (SSSR count). The van der Waals surface area contributed by atoms with Crippen molar-refractivity contribution in [2.75, 3.05) is 0 Å². The third-order valence-corrected chi connectivity index (χ3v) is 4.00. The summed E-state index contributed by atoms with van der Waals surface area (Å²) in [6.07, 6.45) is 4.80. The predicted molar refractivity (Wildman–Crippen MR) is 76.7 cm³/mol. The number of rotatable bonds is 3. The van der Waals surface area contributed by atoms with Crippen LogP contribution in [0.15, 0.2) is 24.3 Å². The van der Waals surface area contributed by atoms with E-state index in [1.54, 1.807) is 12.1 Å². The lowest BCUT2D eigenvalue weighted by molar-refractivity contribution is -0.145. The molecule has 0 bridgehead atoms. The number of carbonyl (C=O) groups excluding carboxylic acids is 1. The maximum absolute atomic E-state index is 12.3. The number of aliphatic carboxylic acids is 1. The van der Waals surface area contributed by atoms with Gasteiger partial charge < -0.3 is 10.4 Å². The second-order valence-corrected chi connectivity index (χ2v) is 5.63. The van der Waals surface area contributed by atoms with E-state index in [-0.39, 0.29) is 5.91 Å². The maximum atomic E-state index is 12.3. The fourth-order valence-corrected chi connectivity index (χ4v) is 2.80. The fourth-order valence-electron chi connectivity index (χ4n) is 2.80. The zero-order valence-electron chi connectivity index (χ0n) is 11.8. The number of aryl methyl sites for hydroxylation is 1. The number of carboxylic acid groups (broad SMARTS) is 1. The molecule has 1 aromatic carbocycles. The second-order valence-electron chi connectivity index (χ2n) is 5.63. The van der Waals surface area contributed by atoms with E-state index in [2.05, 4.69) is 5.32 Å². The number of hydrogen-bond acceptors (Lipinski definition) is 2. The van der Waals surface area contributed by atoms with E-state index in [9.17, 15) is 14.7 Å². The van der Waals surface area contributed by atoms with Gasteiger partial charge in [0.15, 0.2) is 0 Å². The molecular formula is C16H21NO3. The Morgan fingerprint density at radius 1 is 1.15 bits per heavy atom. The summed E-state index contributed by atoms with van der Waals surface area (Å²) < 4.78 is 0. The lowest BCUT2D eigenvalue weighted by Gasteiger charge is -2.29. The van der Waals surface area contributed by atoms with E-state index in [4.69, 9.17) is 0 Å². The highest BCUT2D eigenvalue weighted by Gasteiger charge is 2.40. The number of nitrogens with one attached hydrogen (secondary N) is 1. The number of benzene rings is 1. The van der Waals surface area contributed by atoms with E-state index < -0.39 is 11.5 Å². The molecule has 1 amide bonds. The molecule has 0 unspecified atom stereocenters. The standard InChI is InChI=1S/C16H21NO3/c1-12-7-6-8-13(11-12)14(18)17-16(15(19)20)9-4-2-3-5-10-16/h6-8,11H,2-5,9-10H2,1H3,(H,17,18)(H,19,20). The van der Waals surface area contributed by atoms with Gasteiger partial charge in [-0.25, -0.2) is 4.79 Å². The molecule has 108 valence electrons. The summed E-state index contributed by atoms with van der Waals surface area (Å²) in [5.74, 6) is -1.21. The molecule has 1 fully saturated rings. The number of carbonyl (C=O) groups is 2. The largest absolute Gasteiger partial charge is 0.480 e. The molecule has 2 N–H and O–H groups in total. The van der Waals surface area contributed by atoms with Gasteiger partial charge in [-0.15, -0.1) is 0 Å². The molecule has 1 aromatic rings. The van der Waals surface area contributed by atoms with E-state index in [1.165, 1.54) is 0 Å². The van der Waals surface area contributed by atoms with Gasteiger partial charge in [0.05, 0.1) is 0 Å². The van der Waals surface area contributed by atoms with Crippen molar-refractivity contribution < 1.29 is 14.7 Å². The molecule has 0 atom stereocenters. The van der Waals surface area contributed by atoms with Crippen LogP contribution in [0.1, 0.15) is 54.4 Å². The van der Waals surface area contributed by atoms with Gasteiger partial charge in [0, 0.05) is 5.56 Å². The molecule has 0 heterocycles. The van der Waals surface area contributed by atoms with Crippen molar-refractivity contribution in [2.45, 2.75) is 51.0 Å². The summed E-state index contributed by atoms with van der Waals surface area (Å²) in [6, 6.07) is 7.22. The van der Waals surface area contributed by atoms with Crippen molar-refractivity contribution in [3.05, 3.63) is 35.4 Å². The Balaban J connectivity index is 2.19. The van der Waals surface area contributed by atoms with E-state index >= 15 is 0 Å². The highest BCUT2D eigenvalue weighted by Crippen LogP contribution is 2.28. The Morgan fingerprint density at radius 3 is 2.35 bits per heavy atom. The number of hydrogen-bond donors (Lipinski definition) is 2. The SMILES string of the molecule is Cc1cccc(C(=O)NC2(C(=O)O)CCCCCC2)c1. The molecule has 4 heteroatoms. The third-order valence-electron chi connectivity index (χ3n) is 4.00. The number of amides is 1. The molecule has 1 saturated carbocycles. The summed E-state index contributed by atoms with van der Waals surface area (Å²) in [5, 5.41) is 12.3. The van der Waals surface area contributed by atoms with Crippen molar-refractivity contribution in [1.82, 2.24) is 5.32 Å². The van der Waals surface area contributed by atoms with Gasteiger partial charge in [0.25, 0.3) is 5.91 Å². The topological polar surface area (TPSA) is 66.4 Å². The molecule has 0 radical (unpaired) electrons. The smallest absolute Gasteiger partial charge is 0.329 e. The van der Waals surface area contributed by atoms with Gasteiger partial charge in [-0.2, -0.15) is 0 Å². The van der Waals surface area contributed by atoms with Crippen molar-refractivity contribution >= 4 is 11.9 Å². The summed E-state index contributed by atoms with van der Waals surface area (Å²) in [5.41, 5.74) is 0.412. The molecule has 1 aliphatic carbocycles. The first-order chi connectivity index (χ1) is 9.53. The van der Waals surface area contributed by atoms with Gasteiger partial charge in [-0.05, 0) is 31.9 Å². The summed E-state index contributed by atoms with van der Waals surface area (Å²) in [7, 11) is 0. The van der Waals surface area contributed by atoms with Gasteiger partial charge in [0.2, 0.25) is 0 Å². The first-order valence-electron chi connectivity index (χ1n) is 7.16. The molecular weight excluding hydrogens is 254 g/mol. The van der Waals surface area contributed by atoms with Crippen LogP contribution in [0.25, 0.3) is 0 Å². The predicted octanol–water partition coefficient (Wildman–Crippen LogP) is 2.90. The summed E-state index contributed by atoms with van der Waals surface area (Å²) in [4.78, 5) is 24.0. The van der Waals surface area contributed by atoms with E-state index in [1.807, 2.05) is 19.1 Å². The first kappa shape index (κ1) is 14.6. The highest BCUT2D eigenvalue weighted by atomic mass is 16.4. The molecule has 4 nitrogen and oxygen atoms in total. The highest BCUT2D eigenvalue weighted by molar-refractivity contribution is 5.98. The average molecular weight is 275 g/mol. The molecule has 1 aliphatic rings. The van der Waals surface area contributed by atoms with Gasteiger partial charge in [-0.1, -0.05) is 43.4 Å². The minimum absolute atomic E-state index is 0.294. The van der Waals surface area contributed by atoms with Crippen molar-refractivity contribution in [2.24, 2.45) is 0 Å². The lowest BCUT2D eigenvalue weighted by Crippen LogP contribution is -2.54. The normalized spacial score (nSPS) is 18.1. The monoisotopic (exact) mass is 275 g/mol. The summed E-state index contributed by atoms with van der Waals surface area (Å²) in [6.45, 7) is 1.91. The van der Waals surface area contributed by atoms with Gasteiger partial charge in [0.1, 0.15) is 5.54 Å². The van der Waals surface area contributed by atoms with Crippen LogP contribution >= 0.6 is 0 Å². The van der Waals surface area contributed by atoms with Gasteiger partial charge >= 0.3 is 5.97 Å². The van der Waals surface area contributed by atoms with Crippen LogP contribution in [-0.4, -0.2) is 22.5 Å². The van der Waals surface area contributed by atoms with Crippen LogP contribution in [0.5, 0.6) is 0 Å². The lowest BCUT2D eigenvalue weighted by atomic mass is 9.89. The zero-order chi connectivity index (χ0) is 14.6. The van der Waals surface area contributed by atoms with Crippen LogP contribution in [0.2, 0.25) is 0 Å². The maximum Gasteiger partial charge on any atom is 0.329 e. The second kappa shape index (κ2) is 6.07. The Kier molecular flexibility index (Phi) is 4.42. The number of carboxylic acids is 1. The molecule has 20 heavy (non-hydrogen) atoms. The average Bonchev–Trinajstić information content (AvgIpc) is 2.65. The zero-order valence-corrected chi connectivity index (χ0v) is 11.8. The van der Waals surface area contributed by atoms with Crippen LogP contribution in [-0.2, 0) is 4.79 Å². The molecule has 0 spiro atoms. The fraction of sp³-hybridized carbons (Fsp3) is 0.500. The Morgan fingerprint density at radius 2 is 1.80 bits per heavy atom. The van der Waals surface area contributed by atoms with Crippen LogP contribution in [0.4, 0.5) is 0 Å².